The van der Waals surface area contributed by atoms with E-state index in [0.29, 0.717) is 0 Å². The van der Waals surface area contributed by atoms with Crippen molar-refractivity contribution < 1.29 is 0 Å². The van der Waals surface area contributed by atoms with E-state index in [9.17, 15) is 0 Å². The first-order valence-electron chi connectivity index (χ1n) is 3.92. The van der Waals surface area contributed by atoms with E-state index < -0.39 is 0 Å². The highest BCUT2D eigenvalue weighted by atomic mass is 31.0. The van der Waals surface area contributed by atoms with E-state index in [0.717, 1.165) is 12.5 Å². The van der Waals surface area contributed by atoms with Crippen molar-refractivity contribution in [2.75, 3.05) is 26.3 Å². The molecule has 3 N–H and O–H groups in total. The topological polar surface area (TPSA) is 38.0 Å². The Kier molecular flexibility index (Phi) is 7.72. The SMILES string of the molecule is CP.NCC1CCNCC1. The van der Waals surface area contributed by atoms with E-state index in [1.807, 2.05) is 6.66 Å². The highest BCUT2D eigenvalue weighted by Crippen LogP contribution is 2.07. The van der Waals surface area contributed by atoms with Gasteiger partial charge in [0.1, 0.15) is 0 Å². The quantitative estimate of drug-likeness (QED) is 0.549. The Labute approximate surface area is 66.1 Å². The first kappa shape index (κ1) is 10.3. The lowest BCUT2D eigenvalue weighted by Gasteiger charge is -2.20. The Hall–Kier alpha value is 0.350. The van der Waals surface area contributed by atoms with Crippen LogP contribution in [0.5, 0.6) is 0 Å². The van der Waals surface area contributed by atoms with Crippen LogP contribution in [-0.2, 0) is 0 Å². The molecule has 1 aliphatic rings. The van der Waals surface area contributed by atoms with Crippen molar-refractivity contribution >= 4 is 9.24 Å². The predicted molar refractivity (Wildman–Crippen MR) is 50.3 cm³/mol. The van der Waals surface area contributed by atoms with Crippen LogP contribution in [0.4, 0.5) is 0 Å². The summed E-state index contributed by atoms with van der Waals surface area (Å²) in [5.41, 5.74) is 5.48. The molecule has 0 spiro atoms. The van der Waals surface area contributed by atoms with E-state index >= 15 is 0 Å². The van der Waals surface area contributed by atoms with Gasteiger partial charge in [0.05, 0.1) is 0 Å². The highest BCUT2D eigenvalue weighted by Gasteiger charge is 2.09. The number of hydrogen-bond acceptors (Lipinski definition) is 2. The summed E-state index contributed by atoms with van der Waals surface area (Å²) in [7, 11) is 2.42. The summed E-state index contributed by atoms with van der Waals surface area (Å²) >= 11 is 0. The van der Waals surface area contributed by atoms with Crippen LogP contribution in [0.3, 0.4) is 0 Å². The Morgan fingerprint density at radius 3 is 2.20 bits per heavy atom. The normalized spacial score (nSPS) is 19.5. The minimum absolute atomic E-state index is 0.802. The highest BCUT2D eigenvalue weighted by molar-refractivity contribution is 7.15. The largest absolute Gasteiger partial charge is 0.330 e. The summed E-state index contributed by atoms with van der Waals surface area (Å²) in [5, 5.41) is 3.29. The molecule has 2 nitrogen and oxygen atoms in total. The van der Waals surface area contributed by atoms with Crippen LogP contribution in [0.25, 0.3) is 0 Å². The first-order chi connectivity index (χ1) is 4.93. The fourth-order valence-corrected chi connectivity index (χ4v) is 1.12. The zero-order chi connectivity index (χ0) is 7.82. The van der Waals surface area contributed by atoms with E-state index in [1.54, 1.807) is 0 Å². The third-order valence-corrected chi connectivity index (χ3v) is 1.79. The molecule has 0 saturated carbocycles. The number of nitrogens with one attached hydrogen (secondary N) is 1. The third kappa shape index (κ3) is 4.21. The second-order valence-electron chi connectivity index (χ2n) is 2.43. The fraction of sp³-hybridized carbons (Fsp3) is 1.00. The monoisotopic (exact) mass is 162 g/mol. The molecule has 1 atom stereocenters. The molecule has 0 aromatic heterocycles. The predicted octanol–water partition coefficient (Wildman–Crippen LogP) is 0.436. The van der Waals surface area contributed by atoms with Gasteiger partial charge in [0, 0.05) is 0 Å². The van der Waals surface area contributed by atoms with Crippen LogP contribution in [-0.4, -0.2) is 26.3 Å². The molecule has 1 aliphatic heterocycles. The maximum Gasteiger partial charge on any atom is -0.00458 e. The van der Waals surface area contributed by atoms with Crippen molar-refractivity contribution in [3.63, 3.8) is 0 Å². The van der Waals surface area contributed by atoms with Gasteiger partial charge in [-0.1, -0.05) is 6.66 Å². The Morgan fingerprint density at radius 2 is 1.90 bits per heavy atom. The van der Waals surface area contributed by atoms with Gasteiger partial charge in [-0.05, 0) is 38.4 Å². The van der Waals surface area contributed by atoms with Crippen LogP contribution in [0.2, 0.25) is 0 Å². The molecule has 1 unspecified atom stereocenters. The number of hydrogen-bond donors (Lipinski definition) is 2. The van der Waals surface area contributed by atoms with Gasteiger partial charge < -0.3 is 11.1 Å². The van der Waals surface area contributed by atoms with Crippen LogP contribution in [0.1, 0.15) is 12.8 Å². The Bertz CT molecular complexity index is 62.6. The van der Waals surface area contributed by atoms with Gasteiger partial charge in [0.25, 0.3) is 0 Å². The molecular weight excluding hydrogens is 143 g/mol. The molecule has 0 amide bonds. The van der Waals surface area contributed by atoms with E-state index in [4.69, 9.17) is 5.73 Å². The number of nitrogens with two attached hydrogens (primary N) is 1. The molecule has 10 heavy (non-hydrogen) atoms. The minimum Gasteiger partial charge on any atom is -0.330 e. The van der Waals surface area contributed by atoms with E-state index in [-0.39, 0.29) is 0 Å². The van der Waals surface area contributed by atoms with Gasteiger partial charge in [0.15, 0.2) is 0 Å². The van der Waals surface area contributed by atoms with Gasteiger partial charge >= 0.3 is 0 Å². The molecule has 0 aliphatic carbocycles. The van der Waals surface area contributed by atoms with Crippen molar-refractivity contribution in [3.05, 3.63) is 0 Å². The third-order valence-electron chi connectivity index (χ3n) is 1.79. The van der Waals surface area contributed by atoms with Crippen molar-refractivity contribution in [2.24, 2.45) is 11.7 Å². The van der Waals surface area contributed by atoms with Crippen LogP contribution in [0, 0.1) is 5.92 Å². The van der Waals surface area contributed by atoms with Crippen molar-refractivity contribution in [3.8, 4) is 0 Å². The molecule has 0 radical (unpaired) electrons. The molecular formula is C7H19N2P. The molecule has 0 aromatic rings. The smallest absolute Gasteiger partial charge is 0.00458 e. The zero-order valence-electron chi connectivity index (χ0n) is 6.77. The summed E-state index contributed by atoms with van der Waals surface area (Å²) in [6.07, 6.45) is 2.55. The molecule has 1 fully saturated rings. The molecule has 1 heterocycles. The molecule has 1 saturated heterocycles. The van der Waals surface area contributed by atoms with Crippen LogP contribution < -0.4 is 11.1 Å². The number of piperidine rings is 1. The molecule has 3 heteroatoms. The van der Waals surface area contributed by atoms with Crippen molar-refractivity contribution in [2.45, 2.75) is 12.8 Å². The second kappa shape index (κ2) is 7.46. The van der Waals surface area contributed by atoms with Gasteiger partial charge in [-0.3, -0.25) is 0 Å². The first-order valence-corrected chi connectivity index (χ1v) is 5.07. The average molecular weight is 162 g/mol. The van der Waals surface area contributed by atoms with Gasteiger partial charge in [-0.25, -0.2) is 0 Å². The second-order valence-corrected chi connectivity index (χ2v) is 2.43. The molecule has 1 rings (SSSR count). The van der Waals surface area contributed by atoms with Gasteiger partial charge in [-0.2, -0.15) is 0 Å². The summed E-state index contributed by atoms with van der Waals surface area (Å²) in [4.78, 5) is 0. The van der Waals surface area contributed by atoms with Crippen LogP contribution in [0.15, 0.2) is 0 Å². The van der Waals surface area contributed by atoms with Crippen molar-refractivity contribution in [1.29, 1.82) is 0 Å². The summed E-state index contributed by atoms with van der Waals surface area (Å²) in [5.74, 6) is 0.802. The Morgan fingerprint density at radius 1 is 1.40 bits per heavy atom. The molecule has 62 valence electrons. The average Bonchev–Trinajstić information content (AvgIpc) is 2.10. The fourth-order valence-electron chi connectivity index (χ4n) is 1.12. The lowest BCUT2D eigenvalue weighted by molar-refractivity contribution is 0.382. The maximum absolute atomic E-state index is 5.48. The summed E-state index contributed by atoms with van der Waals surface area (Å²) < 4.78 is 0. The molecule has 0 aromatic carbocycles. The Balaban J connectivity index is 0.000000371. The lowest BCUT2D eigenvalue weighted by Crippen LogP contribution is -2.31. The number of rotatable bonds is 1. The van der Waals surface area contributed by atoms with Crippen LogP contribution >= 0.6 is 9.24 Å². The maximum atomic E-state index is 5.48. The lowest BCUT2D eigenvalue weighted by atomic mass is 9.99. The van der Waals surface area contributed by atoms with Gasteiger partial charge in [-0.15, -0.1) is 9.24 Å². The van der Waals surface area contributed by atoms with E-state index in [2.05, 4.69) is 14.6 Å². The molecule has 0 bridgehead atoms. The minimum atomic E-state index is 0.802. The zero-order valence-corrected chi connectivity index (χ0v) is 7.92. The summed E-state index contributed by atoms with van der Waals surface area (Å²) in [6.45, 7) is 5.13. The van der Waals surface area contributed by atoms with Gasteiger partial charge in [0.2, 0.25) is 0 Å². The van der Waals surface area contributed by atoms with E-state index in [1.165, 1.54) is 25.9 Å². The van der Waals surface area contributed by atoms with Crippen molar-refractivity contribution in [1.82, 2.24) is 5.32 Å². The standard InChI is InChI=1S/C6H14N2.CH5P/c7-5-6-1-3-8-4-2-6;1-2/h6,8H,1-5,7H2;2H2,1H3. The summed E-state index contributed by atoms with van der Waals surface area (Å²) in [6, 6.07) is 0.